The standard InChI is InChI=1S/C36H49N5O6/c1-36(2,3)47-35(45)40-30(22-27-15-9-5-10-16-27)34(44)38-23-31(42)39-29(21-26-13-7-4-8-14-26)32(43)33-37-19-20-41(33)25-46-24-28-17-11-6-12-18-28/h5-6,9-12,15-20,26,29-30,32,43H,4,7-8,13-14,21-25H2,1-3H3,(H,38,44)(H,39,42)(H,40,45)/t29-,30-,32?/m0/s1. The number of ether oxygens (including phenoxy) is 2. The molecule has 2 aromatic carbocycles. The van der Waals surface area contributed by atoms with Crippen LogP contribution < -0.4 is 16.0 Å². The van der Waals surface area contributed by atoms with E-state index in [1.807, 2.05) is 60.7 Å². The van der Waals surface area contributed by atoms with Crippen molar-refractivity contribution in [3.63, 3.8) is 0 Å². The van der Waals surface area contributed by atoms with Gasteiger partial charge in [0.2, 0.25) is 11.8 Å². The van der Waals surface area contributed by atoms with E-state index in [4.69, 9.17) is 9.47 Å². The topological polar surface area (TPSA) is 144 Å². The van der Waals surface area contributed by atoms with E-state index in [0.29, 0.717) is 24.8 Å². The van der Waals surface area contributed by atoms with Gasteiger partial charge in [0.05, 0.1) is 19.2 Å². The Morgan fingerprint density at radius 3 is 2.28 bits per heavy atom. The highest BCUT2D eigenvalue weighted by atomic mass is 16.6. The van der Waals surface area contributed by atoms with Crippen molar-refractivity contribution in [3.05, 3.63) is 90.0 Å². The summed E-state index contributed by atoms with van der Waals surface area (Å²) >= 11 is 0. The molecule has 4 N–H and O–H groups in total. The molecule has 1 aromatic heterocycles. The molecule has 1 aliphatic rings. The van der Waals surface area contributed by atoms with Crippen molar-refractivity contribution in [3.8, 4) is 0 Å². The van der Waals surface area contributed by atoms with Gasteiger partial charge < -0.3 is 35.1 Å². The van der Waals surface area contributed by atoms with E-state index in [1.54, 1.807) is 37.7 Å². The largest absolute Gasteiger partial charge is 0.444 e. The lowest BCUT2D eigenvalue weighted by Crippen LogP contribution is -2.52. The van der Waals surface area contributed by atoms with Crippen LogP contribution in [0.5, 0.6) is 0 Å². The number of hydrogen-bond donors (Lipinski definition) is 4. The Morgan fingerprint density at radius 2 is 1.62 bits per heavy atom. The molecule has 1 heterocycles. The Morgan fingerprint density at radius 1 is 0.957 bits per heavy atom. The van der Waals surface area contributed by atoms with Crippen molar-refractivity contribution in [2.24, 2.45) is 5.92 Å². The first-order chi connectivity index (χ1) is 22.6. The van der Waals surface area contributed by atoms with Gasteiger partial charge in [0, 0.05) is 18.8 Å². The second-order valence-electron chi connectivity index (χ2n) is 13.2. The lowest BCUT2D eigenvalue weighted by atomic mass is 9.83. The maximum absolute atomic E-state index is 13.3. The Labute approximate surface area is 277 Å². The molecule has 1 unspecified atom stereocenters. The van der Waals surface area contributed by atoms with Gasteiger partial charge >= 0.3 is 6.09 Å². The van der Waals surface area contributed by atoms with Crippen LogP contribution in [-0.2, 0) is 38.8 Å². The molecule has 0 radical (unpaired) electrons. The molecule has 47 heavy (non-hydrogen) atoms. The number of aliphatic hydroxyl groups is 1. The first-order valence-electron chi connectivity index (χ1n) is 16.5. The summed E-state index contributed by atoms with van der Waals surface area (Å²) in [5.41, 5.74) is 1.13. The summed E-state index contributed by atoms with van der Waals surface area (Å²) < 4.78 is 13.0. The van der Waals surface area contributed by atoms with E-state index in [9.17, 15) is 19.5 Å². The van der Waals surface area contributed by atoms with Crippen molar-refractivity contribution >= 4 is 17.9 Å². The number of amides is 3. The monoisotopic (exact) mass is 647 g/mol. The third-order valence-corrected chi connectivity index (χ3v) is 8.11. The quantitative estimate of drug-likeness (QED) is 0.186. The fraction of sp³-hybridized carbons (Fsp3) is 0.500. The molecule has 0 bridgehead atoms. The van der Waals surface area contributed by atoms with Crippen molar-refractivity contribution in [1.29, 1.82) is 0 Å². The minimum absolute atomic E-state index is 0.189. The molecule has 11 nitrogen and oxygen atoms in total. The average molecular weight is 648 g/mol. The van der Waals surface area contributed by atoms with E-state index in [0.717, 1.165) is 36.8 Å². The molecular formula is C36H49N5O6. The molecule has 254 valence electrons. The Kier molecular flexibility index (Phi) is 13.4. The summed E-state index contributed by atoms with van der Waals surface area (Å²) in [6.45, 7) is 5.49. The zero-order chi connectivity index (χ0) is 33.6. The minimum Gasteiger partial charge on any atom is -0.444 e. The molecular weight excluding hydrogens is 598 g/mol. The number of benzene rings is 2. The van der Waals surface area contributed by atoms with Crippen molar-refractivity contribution in [1.82, 2.24) is 25.5 Å². The van der Waals surface area contributed by atoms with E-state index in [1.165, 1.54) is 6.42 Å². The van der Waals surface area contributed by atoms with Crippen LogP contribution in [0, 0.1) is 5.92 Å². The smallest absolute Gasteiger partial charge is 0.408 e. The van der Waals surface area contributed by atoms with E-state index < -0.39 is 41.7 Å². The van der Waals surface area contributed by atoms with Crippen LogP contribution in [0.1, 0.15) is 82.4 Å². The van der Waals surface area contributed by atoms with Crippen LogP contribution in [0.15, 0.2) is 73.1 Å². The van der Waals surface area contributed by atoms with E-state index in [-0.39, 0.29) is 19.7 Å². The molecule has 3 aromatic rings. The Balaban J connectivity index is 1.39. The number of aliphatic hydroxyl groups excluding tert-OH is 1. The molecule has 1 aliphatic carbocycles. The summed E-state index contributed by atoms with van der Waals surface area (Å²) in [6, 6.07) is 17.5. The number of hydrogen-bond acceptors (Lipinski definition) is 7. The molecule has 0 spiro atoms. The van der Waals surface area contributed by atoms with Crippen molar-refractivity contribution in [2.75, 3.05) is 6.54 Å². The number of carbonyl (C=O) groups is 3. The van der Waals surface area contributed by atoms with Crippen molar-refractivity contribution in [2.45, 2.75) is 103 Å². The van der Waals surface area contributed by atoms with E-state index >= 15 is 0 Å². The summed E-state index contributed by atoms with van der Waals surface area (Å²) in [6.07, 6.45) is 7.81. The number of nitrogens with one attached hydrogen (secondary N) is 3. The van der Waals surface area contributed by atoms with Crippen LogP contribution in [-0.4, -0.2) is 56.8 Å². The normalized spacial score (nSPS) is 15.7. The fourth-order valence-corrected chi connectivity index (χ4v) is 5.82. The van der Waals surface area contributed by atoms with Crippen LogP contribution in [0.3, 0.4) is 0 Å². The zero-order valence-corrected chi connectivity index (χ0v) is 27.7. The SMILES string of the molecule is CC(C)(C)OC(=O)N[C@@H](Cc1ccccc1)C(=O)NCC(=O)N[C@@H](CC1CCCCC1)C(O)c1nccn1COCc1ccccc1. The molecule has 0 aliphatic heterocycles. The van der Waals surface area contributed by atoms with Gasteiger partial charge in [0.15, 0.2) is 0 Å². The zero-order valence-electron chi connectivity index (χ0n) is 27.7. The lowest BCUT2D eigenvalue weighted by molar-refractivity contribution is -0.128. The summed E-state index contributed by atoms with van der Waals surface area (Å²) in [4.78, 5) is 43.5. The number of carbonyl (C=O) groups excluding carboxylic acids is 3. The molecule has 0 saturated heterocycles. The highest BCUT2D eigenvalue weighted by Gasteiger charge is 2.31. The Bertz CT molecular complexity index is 1400. The molecule has 3 atom stereocenters. The third kappa shape index (κ3) is 12.1. The van der Waals surface area contributed by atoms with Gasteiger partial charge in [0.25, 0.3) is 0 Å². The summed E-state index contributed by atoms with van der Waals surface area (Å²) in [7, 11) is 0. The van der Waals surface area contributed by atoms with Gasteiger partial charge in [-0.1, -0.05) is 92.8 Å². The second-order valence-corrected chi connectivity index (χ2v) is 13.2. The molecule has 4 rings (SSSR count). The molecule has 3 amide bonds. The maximum atomic E-state index is 13.3. The molecule has 1 fully saturated rings. The predicted molar refractivity (Wildman–Crippen MR) is 178 cm³/mol. The highest BCUT2D eigenvalue weighted by Crippen LogP contribution is 2.30. The van der Waals surface area contributed by atoms with Crippen LogP contribution in [0.2, 0.25) is 0 Å². The number of imidazole rings is 1. The third-order valence-electron chi connectivity index (χ3n) is 8.11. The molecule has 1 saturated carbocycles. The van der Waals surface area contributed by atoms with Gasteiger partial charge in [-0.2, -0.15) is 0 Å². The molecule has 11 heteroatoms. The highest BCUT2D eigenvalue weighted by molar-refractivity contribution is 5.89. The lowest BCUT2D eigenvalue weighted by Gasteiger charge is -2.30. The fourth-order valence-electron chi connectivity index (χ4n) is 5.82. The number of nitrogens with zero attached hydrogens (tertiary/aromatic N) is 2. The van der Waals surface area contributed by atoms with E-state index in [2.05, 4.69) is 20.9 Å². The summed E-state index contributed by atoms with van der Waals surface area (Å²) in [5.74, 6) is -0.227. The van der Waals surface area contributed by atoms with Crippen LogP contribution in [0.25, 0.3) is 0 Å². The number of alkyl carbamates (subject to hydrolysis) is 1. The minimum atomic E-state index is -1.09. The first-order valence-corrected chi connectivity index (χ1v) is 16.5. The van der Waals surface area contributed by atoms with Gasteiger partial charge in [-0.15, -0.1) is 0 Å². The second kappa shape index (κ2) is 17.6. The van der Waals surface area contributed by atoms with Gasteiger partial charge in [-0.3, -0.25) is 9.59 Å². The number of rotatable bonds is 15. The Hall–Kier alpha value is -4.22. The average Bonchev–Trinajstić information content (AvgIpc) is 3.52. The first kappa shape index (κ1) is 35.6. The summed E-state index contributed by atoms with van der Waals surface area (Å²) in [5, 5.41) is 19.8. The van der Waals surface area contributed by atoms with Crippen molar-refractivity contribution < 1.29 is 29.0 Å². The van der Waals surface area contributed by atoms with Crippen LogP contribution in [0.4, 0.5) is 4.79 Å². The van der Waals surface area contributed by atoms with Crippen LogP contribution >= 0.6 is 0 Å². The number of aromatic nitrogens is 2. The predicted octanol–water partition coefficient (Wildman–Crippen LogP) is 4.80. The maximum Gasteiger partial charge on any atom is 0.408 e. The van der Waals surface area contributed by atoms with Gasteiger partial charge in [0.1, 0.15) is 30.3 Å². The van der Waals surface area contributed by atoms with Gasteiger partial charge in [-0.25, -0.2) is 9.78 Å². The van der Waals surface area contributed by atoms with Gasteiger partial charge in [-0.05, 0) is 44.2 Å².